The quantitative estimate of drug-likeness (QED) is 0.910. The van der Waals surface area contributed by atoms with Crippen LogP contribution in [-0.4, -0.2) is 42.0 Å². The van der Waals surface area contributed by atoms with Crippen LogP contribution in [0.1, 0.15) is 23.0 Å². The highest BCUT2D eigenvalue weighted by Crippen LogP contribution is 2.23. The molecule has 1 aliphatic heterocycles. The molecule has 2 N–H and O–H groups in total. The normalized spacial score (nSPS) is 22.0. The summed E-state index contributed by atoms with van der Waals surface area (Å²) in [6.45, 7) is 4.35. The molecule has 1 saturated heterocycles. The maximum atomic E-state index is 12.6. The summed E-state index contributed by atoms with van der Waals surface area (Å²) in [6, 6.07) is 7.19. The van der Waals surface area contributed by atoms with E-state index in [-0.39, 0.29) is 19.1 Å². The highest BCUT2D eigenvalue weighted by molar-refractivity contribution is 5.98. The van der Waals surface area contributed by atoms with Gasteiger partial charge in [-0.1, -0.05) is 0 Å². The first-order chi connectivity index (χ1) is 10.4. The van der Waals surface area contributed by atoms with Crippen molar-refractivity contribution < 1.29 is 18.7 Å². The van der Waals surface area contributed by atoms with Crippen molar-refractivity contribution in [1.29, 1.82) is 0 Å². The zero-order valence-corrected chi connectivity index (χ0v) is 12.6. The van der Waals surface area contributed by atoms with E-state index in [4.69, 9.17) is 14.9 Å². The van der Waals surface area contributed by atoms with Crippen LogP contribution in [0.2, 0.25) is 0 Å². The number of furan rings is 1. The van der Waals surface area contributed by atoms with Crippen LogP contribution in [0.5, 0.6) is 0 Å². The summed E-state index contributed by atoms with van der Waals surface area (Å²) in [5.74, 6) is 0.0923. The van der Waals surface area contributed by atoms with Crippen LogP contribution >= 0.6 is 0 Å². The number of morpholine rings is 1. The van der Waals surface area contributed by atoms with Gasteiger partial charge >= 0.3 is 0 Å². The van der Waals surface area contributed by atoms with E-state index in [1.54, 1.807) is 30.0 Å². The van der Waals surface area contributed by atoms with E-state index in [0.29, 0.717) is 12.1 Å². The lowest BCUT2D eigenvalue weighted by Gasteiger charge is -2.38. The van der Waals surface area contributed by atoms with E-state index >= 15 is 0 Å². The van der Waals surface area contributed by atoms with Gasteiger partial charge in [0.05, 0.1) is 13.2 Å². The number of carbonyl (C=O) groups excluding carboxylic acids is 2. The predicted molar refractivity (Wildman–Crippen MR) is 80.4 cm³/mol. The topological polar surface area (TPSA) is 85.8 Å². The molecule has 0 spiro atoms. The van der Waals surface area contributed by atoms with Crippen molar-refractivity contribution in [2.45, 2.75) is 19.4 Å². The molecule has 1 fully saturated rings. The van der Waals surface area contributed by atoms with Gasteiger partial charge in [-0.25, -0.2) is 0 Å². The highest BCUT2D eigenvalue weighted by Gasteiger charge is 2.39. The Bertz CT molecular complexity index is 752. The fourth-order valence-corrected chi connectivity index (χ4v) is 2.68. The number of ether oxygens (including phenoxy) is 1. The minimum Gasteiger partial charge on any atom is -0.461 e. The lowest BCUT2D eigenvalue weighted by Crippen LogP contribution is -2.58. The summed E-state index contributed by atoms with van der Waals surface area (Å²) >= 11 is 0. The molecule has 0 bridgehead atoms. The van der Waals surface area contributed by atoms with E-state index < -0.39 is 11.5 Å². The molecule has 0 radical (unpaired) electrons. The summed E-state index contributed by atoms with van der Waals surface area (Å²) in [5.41, 5.74) is 5.54. The smallest absolute Gasteiger partial charge is 0.254 e. The average Bonchev–Trinajstić information content (AvgIpc) is 2.85. The summed E-state index contributed by atoms with van der Waals surface area (Å²) in [7, 11) is 0. The molecule has 2 heterocycles. The van der Waals surface area contributed by atoms with E-state index in [2.05, 4.69) is 0 Å². The Hall–Kier alpha value is -2.34. The molecule has 0 saturated carbocycles. The largest absolute Gasteiger partial charge is 0.461 e. The van der Waals surface area contributed by atoms with Crippen LogP contribution in [0, 0.1) is 6.92 Å². The SMILES string of the molecule is Cc1cc2cc(C(=O)N3CCO[C@](C)(C(N)=O)C3)ccc2o1. The van der Waals surface area contributed by atoms with E-state index in [0.717, 1.165) is 16.7 Å². The van der Waals surface area contributed by atoms with E-state index in [9.17, 15) is 9.59 Å². The monoisotopic (exact) mass is 302 g/mol. The number of amides is 2. The number of benzene rings is 1. The fraction of sp³-hybridized carbons (Fsp3) is 0.375. The van der Waals surface area contributed by atoms with Crippen LogP contribution in [-0.2, 0) is 9.53 Å². The molecule has 6 heteroatoms. The molecule has 0 aliphatic carbocycles. The number of nitrogens with zero attached hydrogens (tertiary/aromatic N) is 1. The van der Waals surface area contributed by atoms with Crippen LogP contribution in [0.25, 0.3) is 11.0 Å². The number of carbonyl (C=O) groups is 2. The minimum atomic E-state index is -1.13. The van der Waals surface area contributed by atoms with Crippen molar-refractivity contribution in [1.82, 2.24) is 4.90 Å². The first-order valence-corrected chi connectivity index (χ1v) is 7.12. The number of primary amides is 1. The average molecular weight is 302 g/mol. The second-order valence-corrected chi connectivity index (χ2v) is 5.78. The van der Waals surface area contributed by atoms with Crippen molar-refractivity contribution in [2.75, 3.05) is 19.7 Å². The first-order valence-electron chi connectivity index (χ1n) is 7.12. The molecule has 1 aromatic heterocycles. The fourth-order valence-electron chi connectivity index (χ4n) is 2.68. The lowest BCUT2D eigenvalue weighted by molar-refractivity contribution is -0.150. The third-order valence-electron chi connectivity index (χ3n) is 3.97. The Balaban J connectivity index is 1.87. The number of hydrogen-bond donors (Lipinski definition) is 1. The summed E-state index contributed by atoms with van der Waals surface area (Å²) in [5, 5.41) is 0.884. The van der Waals surface area contributed by atoms with Crippen LogP contribution < -0.4 is 5.73 Å². The first kappa shape index (κ1) is 14.6. The number of fused-ring (bicyclic) bond motifs is 1. The number of hydrogen-bond acceptors (Lipinski definition) is 4. The Morgan fingerprint density at radius 2 is 2.09 bits per heavy atom. The molecule has 2 aromatic rings. The van der Waals surface area contributed by atoms with Gasteiger partial charge in [0.2, 0.25) is 0 Å². The van der Waals surface area contributed by atoms with Crippen LogP contribution in [0.4, 0.5) is 0 Å². The molecule has 0 unspecified atom stereocenters. The van der Waals surface area contributed by atoms with Gasteiger partial charge in [0, 0.05) is 17.5 Å². The van der Waals surface area contributed by atoms with E-state index in [1.165, 1.54) is 0 Å². The molecule has 6 nitrogen and oxygen atoms in total. The summed E-state index contributed by atoms with van der Waals surface area (Å²) in [6.07, 6.45) is 0. The van der Waals surface area contributed by atoms with Crippen molar-refractivity contribution in [3.8, 4) is 0 Å². The zero-order chi connectivity index (χ0) is 15.9. The van der Waals surface area contributed by atoms with Crippen molar-refractivity contribution in [3.05, 3.63) is 35.6 Å². The van der Waals surface area contributed by atoms with E-state index in [1.807, 2.05) is 13.0 Å². The standard InChI is InChI=1S/C16H18N2O4/c1-10-7-12-8-11(3-4-13(12)22-10)14(19)18-5-6-21-16(2,9-18)15(17)20/h3-4,7-8H,5-6,9H2,1-2H3,(H2,17,20)/t16-/m0/s1. The molecule has 3 rings (SSSR count). The second-order valence-electron chi connectivity index (χ2n) is 5.78. The molecule has 116 valence electrons. The second kappa shape index (κ2) is 5.14. The maximum absolute atomic E-state index is 12.6. The predicted octanol–water partition coefficient (Wildman–Crippen LogP) is 1.46. The third kappa shape index (κ3) is 2.46. The zero-order valence-electron chi connectivity index (χ0n) is 12.6. The highest BCUT2D eigenvalue weighted by atomic mass is 16.5. The molecule has 2 amide bonds. The van der Waals surface area contributed by atoms with Gasteiger partial charge in [-0.05, 0) is 38.1 Å². The van der Waals surface area contributed by atoms with Gasteiger partial charge in [0.25, 0.3) is 11.8 Å². The van der Waals surface area contributed by atoms with Gasteiger partial charge in [0.1, 0.15) is 11.3 Å². The molecular formula is C16H18N2O4. The minimum absolute atomic E-state index is 0.142. The lowest BCUT2D eigenvalue weighted by atomic mass is 10.0. The summed E-state index contributed by atoms with van der Waals surface area (Å²) in [4.78, 5) is 25.8. The Morgan fingerprint density at radius 1 is 1.32 bits per heavy atom. The maximum Gasteiger partial charge on any atom is 0.254 e. The molecule has 1 aromatic carbocycles. The van der Waals surface area contributed by atoms with Crippen LogP contribution in [0.15, 0.2) is 28.7 Å². The summed E-state index contributed by atoms with van der Waals surface area (Å²) < 4.78 is 10.9. The third-order valence-corrected chi connectivity index (χ3v) is 3.97. The van der Waals surface area contributed by atoms with Gasteiger partial charge < -0.3 is 19.8 Å². The van der Waals surface area contributed by atoms with Gasteiger partial charge in [-0.2, -0.15) is 0 Å². The Morgan fingerprint density at radius 3 is 2.82 bits per heavy atom. The molecule has 1 atom stereocenters. The Kier molecular flexibility index (Phi) is 3.41. The van der Waals surface area contributed by atoms with Gasteiger partial charge in [-0.3, -0.25) is 9.59 Å². The van der Waals surface area contributed by atoms with Crippen LogP contribution in [0.3, 0.4) is 0 Å². The van der Waals surface area contributed by atoms with Crippen molar-refractivity contribution in [3.63, 3.8) is 0 Å². The number of nitrogens with two attached hydrogens (primary N) is 1. The van der Waals surface area contributed by atoms with Gasteiger partial charge in [0.15, 0.2) is 5.60 Å². The molecule has 22 heavy (non-hydrogen) atoms. The number of rotatable bonds is 2. The van der Waals surface area contributed by atoms with Gasteiger partial charge in [-0.15, -0.1) is 0 Å². The Labute approximate surface area is 127 Å². The molecular weight excluding hydrogens is 284 g/mol. The number of aryl methyl sites for hydroxylation is 1. The van der Waals surface area contributed by atoms with Crippen molar-refractivity contribution >= 4 is 22.8 Å². The molecule has 1 aliphatic rings. The van der Waals surface area contributed by atoms with Crippen molar-refractivity contribution in [2.24, 2.45) is 5.73 Å².